The van der Waals surface area contributed by atoms with E-state index in [1.54, 1.807) is 11.0 Å². The van der Waals surface area contributed by atoms with E-state index >= 15 is 0 Å². The van der Waals surface area contributed by atoms with E-state index in [2.05, 4.69) is 4.98 Å². The van der Waals surface area contributed by atoms with Gasteiger partial charge >= 0.3 is 0 Å². The molecule has 1 aromatic rings. The summed E-state index contributed by atoms with van der Waals surface area (Å²) < 4.78 is 12.0. The lowest BCUT2D eigenvalue weighted by atomic mass is 10.4. The van der Waals surface area contributed by atoms with Gasteiger partial charge in [-0.15, -0.1) is 0 Å². The van der Waals surface area contributed by atoms with Crippen molar-refractivity contribution in [1.29, 1.82) is 0 Å². The zero-order valence-corrected chi connectivity index (χ0v) is 10.3. The Morgan fingerprint density at radius 1 is 1.47 bits per heavy atom. The first kappa shape index (κ1) is 12.0. The second-order valence-electron chi connectivity index (χ2n) is 3.99. The minimum atomic E-state index is -1.38. The van der Waals surface area contributed by atoms with Crippen LogP contribution in [0.1, 0.15) is 12.8 Å². The Morgan fingerprint density at radius 3 is 2.82 bits per heavy atom. The zero-order valence-electron chi connectivity index (χ0n) is 9.46. The number of nitrogen functional groups attached to an aromatic ring is 1. The average Bonchev–Trinajstić information content (AvgIpc) is 2.82. The van der Waals surface area contributed by atoms with Crippen LogP contribution >= 0.6 is 0 Å². The standard InChI is InChI=1S/C11H15N3O2S/c12-9-7-13-4-3-10(9)17(16)8-11(15)14-5-1-2-6-14/h3-4,7H,1-2,5-6,8,12H2. The third-order valence-electron chi connectivity index (χ3n) is 2.77. The van der Waals surface area contributed by atoms with Crippen LogP contribution in [0.15, 0.2) is 23.4 Å². The van der Waals surface area contributed by atoms with Crippen LogP contribution in [0.4, 0.5) is 5.69 Å². The number of amides is 1. The van der Waals surface area contributed by atoms with E-state index in [0.29, 0.717) is 10.6 Å². The number of hydrogen-bond acceptors (Lipinski definition) is 4. The number of nitrogens with two attached hydrogens (primary N) is 1. The molecule has 1 aliphatic rings. The minimum Gasteiger partial charge on any atom is -0.396 e. The van der Waals surface area contributed by atoms with Gasteiger partial charge in [-0.3, -0.25) is 14.0 Å². The average molecular weight is 253 g/mol. The molecule has 2 rings (SSSR count). The molecule has 1 atom stereocenters. The molecule has 1 saturated heterocycles. The molecule has 1 aromatic heterocycles. The van der Waals surface area contributed by atoms with E-state index in [1.807, 2.05) is 0 Å². The molecule has 0 aliphatic carbocycles. The maximum Gasteiger partial charge on any atom is 0.235 e. The van der Waals surface area contributed by atoms with Gasteiger partial charge in [0.15, 0.2) is 0 Å². The number of anilines is 1. The number of likely N-dealkylation sites (tertiary alicyclic amines) is 1. The van der Waals surface area contributed by atoms with Crippen molar-refractivity contribution in [2.45, 2.75) is 17.7 Å². The highest BCUT2D eigenvalue weighted by Crippen LogP contribution is 2.15. The fourth-order valence-electron chi connectivity index (χ4n) is 1.85. The van der Waals surface area contributed by atoms with Crippen LogP contribution in [0.25, 0.3) is 0 Å². The van der Waals surface area contributed by atoms with Crippen LogP contribution in [0.2, 0.25) is 0 Å². The number of aromatic nitrogens is 1. The Kier molecular flexibility index (Phi) is 3.73. The first-order valence-corrected chi connectivity index (χ1v) is 6.86. The summed E-state index contributed by atoms with van der Waals surface area (Å²) in [5, 5.41) is 0. The highest BCUT2D eigenvalue weighted by Gasteiger charge is 2.21. The molecule has 0 spiro atoms. The van der Waals surface area contributed by atoms with E-state index in [1.165, 1.54) is 12.4 Å². The van der Waals surface area contributed by atoms with E-state index in [4.69, 9.17) is 5.73 Å². The highest BCUT2D eigenvalue weighted by atomic mass is 32.2. The second-order valence-corrected chi connectivity index (χ2v) is 5.41. The van der Waals surface area contributed by atoms with Gasteiger partial charge in [0.1, 0.15) is 5.75 Å². The lowest BCUT2D eigenvalue weighted by Gasteiger charge is -2.14. The molecule has 17 heavy (non-hydrogen) atoms. The quantitative estimate of drug-likeness (QED) is 0.845. The molecule has 5 nitrogen and oxygen atoms in total. The maximum atomic E-state index is 12.0. The summed E-state index contributed by atoms with van der Waals surface area (Å²) in [6, 6.07) is 1.60. The van der Waals surface area contributed by atoms with Crippen LogP contribution in [0, 0.1) is 0 Å². The molecule has 2 N–H and O–H groups in total. The van der Waals surface area contributed by atoms with Crippen molar-refractivity contribution in [3.63, 3.8) is 0 Å². The molecular formula is C11H15N3O2S. The summed E-state index contributed by atoms with van der Waals surface area (Å²) >= 11 is 0. The highest BCUT2D eigenvalue weighted by molar-refractivity contribution is 7.86. The first-order valence-electron chi connectivity index (χ1n) is 5.54. The molecule has 92 valence electrons. The molecule has 2 heterocycles. The third kappa shape index (κ3) is 2.82. The number of pyridine rings is 1. The number of rotatable bonds is 3. The molecule has 0 aromatic carbocycles. The Labute approximate surface area is 102 Å². The van der Waals surface area contributed by atoms with Gasteiger partial charge < -0.3 is 10.6 Å². The molecule has 1 amide bonds. The third-order valence-corrected chi connectivity index (χ3v) is 4.14. The number of carbonyl (C=O) groups excluding carboxylic acids is 1. The van der Waals surface area contributed by atoms with Crippen molar-refractivity contribution in [1.82, 2.24) is 9.88 Å². The predicted molar refractivity (Wildman–Crippen MR) is 65.7 cm³/mol. The van der Waals surface area contributed by atoms with Gasteiger partial charge in [0.05, 0.1) is 27.6 Å². The number of nitrogens with zero attached hydrogens (tertiary/aromatic N) is 2. The largest absolute Gasteiger partial charge is 0.396 e. The van der Waals surface area contributed by atoms with Crippen LogP contribution in [-0.2, 0) is 15.6 Å². The lowest BCUT2D eigenvalue weighted by molar-refractivity contribution is -0.127. The predicted octanol–water partition coefficient (Wildman–Crippen LogP) is 0.394. The molecule has 1 aliphatic heterocycles. The van der Waals surface area contributed by atoms with Gasteiger partial charge in [0, 0.05) is 19.3 Å². The minimum absolute atomic E-state index is 0.00815. The summed E-state index contributed by atoms with van der Waals surface area (Å²) in [5.74, 6) is -0.0501. The summed E-state index contributed by atoms with van der Waals surface area (Å²) in [6.07, 6.45) is 5.06. The molecule has 0 bridgehead atoms. The van der Waals surface area contributed by atoms with E-state index in [0.717, 1.165) is 25.9 Å². The fourth-order valence-corrected chi connectivity index (χ4v) is 2.94. The Morgan fingerprint density at radius 2 is 2.18 bits per heavy atom. The Hall–Kier alpha value is -1.43. The van der Waals surface area contributed by atoms with E-state index in [9.17, 15) is 9.00 Å². The van der Waals surface area contributed by atoms with Gasteiger partial charge in [0.2, 0.25) is 5.91 Å². The van der Waals surface area contributed by atoms with Crippen molar-refractivity contribution >= 4 is 22.4 Å². The van der Waals surface area contributed by atoms with E-state index in [-0.39, 0.29) is 11.7 Å². The van der Waals surface area contributed by atoms with Gasteiger partial charge in [-0.2, -0.15) is 0 Å². The molecule has 6 heteroatoms. The smallest absolute Gasteiger partial charge is 0.235 e. The van der Waals surface area contributed by atoms with Crippen molar-refractivity contribution in [3.05, 3.63) is 18.5 Å². The van der Waals surface area contributed by atoms with Gasteiger partial charge in [-0.05, 0) is 18.9 Å². The molecular weight excluding hydrogens is 238 g/mol. The Balaban J connectivity index is 2.02. The first-order chi connectivity index (χ1) is 8.18. The van der Waals surface area contributed by atoms with Gasteiger partial charge in [-0.25, -0.2) is 0 Å². The number of hydrogen-bond donors (Lipinski definition) is 1. The van der Waals surface area contributed by atoms with Crippen molar-refractivity contribution in [2.24, 2.45) is 0 Å². The summed E-state index contributed by atoms with van der Waals surface area (Å²) in [5.41, 5.74) is 6.05. The van der Waals surface area contributed by atoms with Crippen LogP contribution in [0.3, 0.4) is 0 Å². The molecule has 1 unspecified atom stereocenters. The van der Waals surface area contributed by atoms with E-state index < -0.39 is 10.8 Å². The maximum absolute atomic E-state index is 12.0. The van der Waals surface area contributed by atoms with Crippen molar-refractivity contribution in [3.8, 4) is 0 Å². The van der Waals surface area contributed by atoms with Crippen LogP contribution < -0.4 is 5.73 Å². The zero-order chi connectivity index (χ0) is 12.3. The topological polar surface area (TPSA) is 76.3 Å². The summed E-state index contributed by atoms with van der Waals surface area (Å²) in [7, 11) is -1.38. The molecule has 0 saturated carbocycles. The van der Waals surface area contributed by atoms with Crippen molar-refractivity contribution < 1.29 is 9.00 Å². The second kappa shape index (κ2) is 5.27. The van der Waals surface area contributed by atoms with Crippen molar-refractivity contribution in [2.75, 3.05) is 24.6 Å². The Bertz CT molecular complexity index is 444. The van der Waals surface area contributed by atoms with Crippen LogP contribution in [0.5, 0.6) is 0 Å². The van der Waals surface area contributed by atoms with Gasteiger partial charge in [-0.1, -0.05) is 0 Å². The lowest BCUT2D eigenvalue weighted by Crippen LogP contribution is -2.31. The fraction of sp³-hybridized carbons (Fsp3) is 0.455. The number of carbonyl (C=O) groups is 1. The molecule has 0 radical (unpaired) electrons. The summed E-state index contributed by atoms with van der Waals surface area (Å²) in [4.78, 5) is 17.9. The van der Waals surface area contributed by atoms with Gasteiger partial charge in [0.25, 0.3) is 0 Å². The SMILES string of the molecule is Nc1cnccc1S(=O)CC(=O)N1CCCC1. The normalized spacial score (nSPS) is 17.1. The molecule has 1 fully saturated rings. The van der Waals surface area contributed by atoms with Crippen LogP contribution in [-0.4, -0.2) is 38.8 Å². The monoisotopic (exact) mass is 253 g/mol. The summed E-state index contributed by atoms with van der Waals surface area (Å²) in [6.45, 7) is 1.56.